The van der Waals surface area contributed by atoms with Crippen molar-refractivity contribution in [3.8, 4) is 11.8 Å². The number of carbonyl (C=O) groups excluding carboxylic acids is 3. The first kappa shape index (κ1) is 91.0. The molecule has 0 bridgehead atoms. The first-order valence-electron chi connectivity index (χ1n) is 35.6. The number of unbranched alkanes of at least 4 members (excludes halogenated alkanes) is 5. The number of aromatic amines is 1. The number of benzene rings is 2. The van der Waals surface area contributed by atoms with E-state index in [0.29, 0.717) is 77.6 Å². The number of ketones is 1. The van der Waals surface area contributed by atoms with Crippen LogP contribution in [0.5, 0.6) is 0 Å². The smallest absolute Gasteiger partial charge is 0.450 e. The summed E-state index contributed by atoms with van der Waals surface area (Å²) in [5.41, 5.74) is 11.3. The molecule has 3 aliphatic rings. The molecule has 7 rings (SSSR count). The standard InChI is InChI=1S/C70H101N8O23P3S5/c1-9-76-55-28-21-20-27-53(55)69(4,5)59(76)29-15-12-16-30-60-70(6,7)54-44-52(109(90,91)92)32-33-56(54)77(60)37-22-13-17-31-61(80)72-35-40-93-42-43-94-41-36-73-67(82)96-39-34-68(2,3)108-107-48-95-38-23-11-10-14-25-51(79)26-19-18-24-50-46-78(64-63(50)65(81)75-66(71)74-64)62-45-57(97-49-106-105-8)58(99-62)47-98-103(86,87)101-104(88,89)100-102(83,84)85/h12,15-16,20-21,27-30,32-33,44,46,57-58,62H,9-11,13-14,17,19,22-23,25-26,31,34-43,45,47-49H2,1-8H3,(H9-,71,72,73,74,75,80,81,82,83,84,85,86,87,88,89,90,91,92)/p+1/t57-,58+,62+/m0/s1. The highest BCUT2D eigenvalue weighted by Crippen LogP contribution is 2.66. The molecule has 5 atom stereocenters. The third kappa shape index (κ3) is 28.7. The topological polar surface area (TPSA) is 428 Å². The number of anilines is 2. The number of nitrogens with two attached hydrogens (primary N) is 1. The van der Waals surface area contributed by atoms with Crippen LogP contribution in [0.1, 0.15) is 155 Å². The molecule has 0 radical (unpaired) electrons. The summed E-state index contributed by atoms with van der Waals surface area (Å²) in [6.45, 7) is 18.2. The van der Waals surface area contributed by atoms with Gasteiger partial charge in [-0.2, -0.15) is 26.6 Å². The van der Waals surface area contributed by atoms with Gasteiger partial charge in [-0.1, -0.05) is 118 Å². The molecule has 2 unspecified atom stereocenters. The molecule has 2 amide bonds. The van der Waals surface area contributed by atoms with Crippen molar-refractivity contribution < 1.29 is 107 Å². The predicted octanol–water partition coefficient (Wildman–Crippen LogP) is 12.0. The zero-order chi connectivity index (χ0) is 79.6. The zero-order valence-corrected chi connectivity index (χ0v) is 69.2. The van der Waals surface area contributed by atoms with Crippen LogP contribution in [-0.2, 0) is 85.8 Å². The second-order valence-corrected chi connectivity index (χ2v) is 38.5. The van der Waals surface area contributed by atoms with Gasteiger partial charge < -0.3 is 73.8 Å². The van der Waals surface area contributed by atoms with E-state index in [1.54, 1.807) is 33.7 Å². The lowest BCUT2D eigenvalue weighted by atomic mass is 9.81. The molecule has 10 N–H and O–H groups in total. The van der Waals surface area contributed by atoms with Crippen molar-refractivity contribution in [2.45, 2.75) is 171 Å². The van der Waals surface area contributed by atoms with E-state index in [4.69, 9.17) is 48.5 Å². The average Bonchev–Trinajstić information content (AvgIpc) is 1.60. The van der Waals surface area contributed by atoms with Gasteiger partial charge in [0.15, 0.2) is 11.4 Å². The number of nitrogen functional groups attached to an aromatic ring is 1. The summed E-state index contributed by atoms with van der Waals surface area (Å²) < 4.78 is 120. The molecular weight excluding hydrogens is 1570 g/mol. The van der Waals surface area contributed by atoms with Crippen molar-refractivity contribution in [3.63, 3.8) is 0 Å². The minimum Gasteiger partial charge on any atom is -0.450 e. The SMILES string of the molecule is CCN1\C(=C/C=C/C=C/C2=[N+](CCCCCC(=O)NCCOCCOCCNC(=O)OCCC(C)(C)SSCOCCCCCCC(=O)CCC#Cc3cn([C@H]4C[C@H](OCSSC)[C@@H](COP(=O)(O)OP(=O)(O)OP(=O)(O)O)O4)c4nc(N)[nH]c(=O)c34)c3ccc(S(=O)(=O)O)cc3C2(C)C)C(C)(C)c2ccccc21. The number of phosphoric acid groups is 3. The van der Waals surface area contributed by atoms with Gasteiger partial charge in [0.2, 0.25) is 17.5 Å². The number of allylic oxidation sites excluding steroid dienone is 6. The van der Waals surface area contributed by atoms with Crippen LogP contribution in [-0.4, -0.2) is 183 Å². The number of phosphoric ester groups is 1. The van der Waals surface area contributed by atoms with E-state index in [2.05, 4.69) is 141 Å². The van der Waals surface area contributed by atoms with Gasteiger partial charge in [-0.05, 0) is 103 Å². The molecule has 5 heterocycles. The molecule has 4 aromatic rings. The van der Waals surface area contributed by atoms with E-state index in [-0.39, 0.29) is 94.3 Å². The van der Waals surface area contributed by atoms with Crippen molar-refractivity contribution >= 4 is 129 Å². The lowest BCUT2D eigenvalue weighted by Crippen LogP contribution is -2.30. The maximum absolute atomic E-state index is 13.2. The number of H-pyrrole nitrogens is 1. The second-order valence-electron chi connectivity index (χ2n) is 27.1. The molecule has 1 saturated heterocycles. The van der Waals surface area contributed by atoms with Crippen LogP contribution in [0.2, 0.25) is 0 Å². The lowest BCUT2D eigenvalue weighted by molar-refractivity contribution is -0.438. The van der Waals surface area contributed by atoms with E-state index in [9.17, 15) is 55.6 Å². The first-order valence-corrected chi connectivity index (χ1v) is 46.6. The maximum atomic E-state index is 13.2. The fourth-order valence-corrected chi connectivity index (χ4v) is 19.1. The van der Waals surface area contributed by atoms with Gasteiger partial charge in [0.1, 0.15) is 36.5 Å². The minimum atomic E-state index is -5.78. The van der Waals surface area contributed by atoms with Gasteiger partial charge in [-0.15, -0.1) is 0 Å². The van der Waals surface area contributed by atoms with Crippen LogP contribution in [0.3, 0.4) is 0 Å². The molecular formula is C70H102N8O23P3S5+. The Morgan fingerprint density at radius 2 is 1.56 bits per heavy atom. The number of hydrogen-bond donors (Lipinski definition) is 9. The number of rotatable bonds is 48. The molecule has 2 aromatic heterocycles. The molecule has 39 heteroatoms. The summed E-state index contributed by atoms with van der Waals surface area (Å²) in [5.74, 6) is 6.28. The summed E-state index contributed by atoms with van der Waals surface area (Å²) >= 11 is 0. The van der Waals surface area contributed by atoms with Crippen molar-refractivity contribution in [2.75, 3.05) is 101 Å². The van der Waals surface area contributed by atoms with Crippen LogP contribution >= 0.6 is 66.6 Å². The number of para-hydroxylation sites is 1. The van der Waals surface area contributed by atoms with Gasteiger partial charge in [-0.25, -0.2) is 18.5 Å². The highest BCUT2D eigenvalue weighted by molar-refractivity contribution is 8.77. The first-order chi connectivity index (χ1) is 51.6. The lowest BCUT2D eigenvalue weighted by Gasteiger charge is -2.25. The quantitative estimate of drug-likeness (QED) is 0.00290. The Hall–Kier alpha value is -5.16. The summed E-state index contributed by atoms with van der Waals surface area (Å²) in [5, 5.41) is 5.68. The van der Waals surface area contributed by atoms with Crippen molar-refractivity contribution in [1.29, 1.82) is 0 Å². The number of nitrogens with zero attached hydrogens (tertiary/aromatic N) is 4. The predicted molar refractivity (Wildman–Crippen MR) is 423 cm³/mol. The normalized spacial score (nSPS) is 18.5. The Bertz CT molecular complexity index is 4290. The maximum Gasteiger partial charge on any atom is 0.490 e. The van der Waals surface area contributed by atoms with Gasteiger partial charge >= 0.3 is 29.6 Å². The summed E-state index contributed by atoms with van der Waals surface area (Å²) in [6, 6.07) is 13.3. The third-order valence-electron chi connectivity index (χ3n) is 17.8. The fraction of sp³-hybridized carbons (Fsp3) is 0.571. The van der Waals surface area contributed by atoms with Crippen molar-refractivity contribution in [1.82, 2.24) is 25.2 Å². The number of hydrogen-bond acceptors (Lipinski definition) is 25. The Balaban J connectivity index is 0.684. The Morgan fingerprint density at radius 1 is 0.844 bits per heavy atom. The number of alkyl carbamates (subject to hydrolysis) is 1. The molecule has 0 aliphatic carbocycles. The summed E-state index contributed by atoms with van der Waals surface area (Å²) in [6.07, 6.45) is 17.5. The van der Waals surface area contributed by atoms with Crippen molar-refractivity contribution in [3.05, 3.63) is 112 Å². The minimum absolute atomic E-state index is 0.0347. The number of likely N-dealkylation sites (N-methyl/N-ethyl adjacent to an activating group) is 1. The summed E-state index contributed by atoms with van der Waals surface area (Å²) in [7, 11) is -15.4. The van der Waals surface area contributed by atoms with Gasteiger partial charge in [0, 0.05) is 110 Å². The molecule has 1 fully saturated rings. The van der Waals surface area contributed by atoms with Crippen LogP contribution in [0.25, 0.3) is 11.0 Å². The highest BCUT2D eigenvalue weighted by atomic mass is 33.1. The van der Waals surface area contributed by atoms with E-state index < -0.39 is 75.7 Å². The van der Waals surface area contributed by atoms with Crippen LogP contribution < -0.4 is 26.8 Å². The van der Waals surface area contributed by atoms with E-state index in [1.165, 1.54) is 55.4 Å². The van der Waals surface area contributed by atoms with Crippen molar-refractivity contribution in [2.24, 2.45) is 0 Å². The van der Waals surface area contributed by atoms with E-state index in [0.717, 1.165) is 55.6 Å². The number of amides is 2. The Labute approximate surface area is 652 Å². The molecule has 0 spiro atoms. The number of aromatic nitrogens is 3. The van der Waals surface area contributed by atoms with Crippen LogP contribution in [0, 0.1) is 11.8 Å². The monoisotopic (exact) mass is 1680 g/mol. The van der Waals surface area contributed by atoms with Crippen LogP contribution in [0.15, 0.2) is 94.4 Å². The van der Waals surface area contributed by atoms with E-state index >= 15 is 0 Å². The third-order valence-corrected chi connectivity index (χ3v) is 27.0. The number of carbonyl (C=O) groups is 3. The molecule has 31 nitrogen and oxygen atoms in total. The number of Topliss-reactive ketones (excluding diaryl/α,β-unsaturated/α-hetero) is 1. The van der Waals surface area contributed by atoms with Gasteiger partial charge in [0.25, 0.3) is 15.7 Å². The largest absolute Gasteiger partial charge is 0.490 e. The highest BCUT2D eigenvalue weighted by Gasteiger charge is 2.47. The Morgan fingerprint density at radius 3 is 2.28 bits per heavy atom. The molecule has 2 aromatic carbocycles. The van der Waals surface area contributed by atoms with Gasteiger partial charge in [0.05, 0.1) is 67.0 Å². The Kier molecular flexibility index (Phi) is 35.8. The van der Waals surface area contributed by atoms with E-state index in [1.807, 2.05) is 18.4 Å². The number of ether oxygens (including phenoxy) is 6. The van der Waals surface area contributed by atoms with Crippen LogP contribution in [0.4, 0.5) is 22.1 Å². The molecule has 604 valence electrons. The summed E-state index contributed by atoms with van der Waals surface area (Å²) in [4.78, 5) is 97.4. The number of fused-ring (bicyclic) bond motifs is 3. The average molecular weight is 1680 g/mol. The number of nitrogens with one attached hydrogen (secondary N) is 3. The zero-order valence-electron chi connectivity index (χ0n) is 62.5. The molecule has 3 aliphatic heterocycles. The molecule has 109 heavy (non-hydrogen) atoms. The fourth-order valence-electron chi connectivity index (χ4n) is 12.5. The second kappa shape index (κ2) is 42.8. The molecule has 0 saturated carbocycles. The van der Waals surface area contributed by atoms with Gasteiger partial charge in [-0.3, -0.25) is 28.4 Å².